The number of hydrogen-bond acceptors (Lipinski definition) is 3. The maximum absolute atomic E-state index is 13.4. The molecule has 142 valence electrons. The fourth-order valence-electron chi connectivity index (χ4n) is 3.24. The van der Waals surface area contributed by atoms with Gasteiger partial charge in [0.05, 0.1) is 6.04 Å². The van der Waals surface area contributed by atoms with Crippen molar-refractivity contribution in [2.75, 3.05) is 0 Å². The molecule has 0 amide bonds. The maximum Gasteiger partial charge on any atom is 0.123 e. The molecule has 2 atom stereocenters. The van der Waals surface area contributed by atoms with Gasteiger partial charge in [-0.2, -0.15) is 0 Å². The zero-order chi connectivity index (χ0) is 19.7. The molecule has 28 heavy (non-hydrogen) atoms. The van der Waals surface area contributed by atoms with Crippen molar-refractivity contribution < 1.29 is 9.50 Å². The van der Waals surface area contributed by atoms with Crippen molar-refractivity contribution in [3.05, 3.63) is 104 Å². The molecule has 1 aliphatic rings. The number of rotatable bonds is 3. The fraction of sp³-hybridized carbons (Fsp3) is 0.0909. The minimum Gasteiger partial charge on any atom is -0.508 e. The van der Waals surface area contributed by atoms with Crippen LogP contribution in [-0.4, -0.2) is 5.11 Å². The zero-order valence-corrected chi connectivity index (χ0v) is 17.8. The molecule has 0 aliphatic carbocycles. The van der Waals surface area contributed by atoms with Crippen molar-refractivity contribution in [2.24, 2.45) is 0 Å². The summed E-state index contributed by atoms with van der Waals surface area (Å²) in [5, 5.41) is 17.4. The fourth-order valence-corrected chi connectivity index (χ4v) is 3.88. The van der Waals surface area contributed by atoms with Gasteiger partial charge in [-0.3, -0.25) is 5.32 Å². The van der Waals surface area contributed by atoms with Gasteiger partial charge in [0.2, 0.25) is 0 Å². The normalized spacial score (nSPS) is 19.0. The van der Waals surface area contributed by atoms with Gasteiger partial charge in [-0.1, -0.05) is 56.1 Å². The topological polar surface area (TPSA) is 44.3 Å². The predicted molar refractivity (Wildman–Crippen MR) is 116 cm³/mol. The Morgan fingerprint density at radius 2 is 1.54 bits per heavy atom. The lowest BCUT2D eigenvalue weighted by Gasteiger charge is -2.33. The summed E-state index contributed by atoms with van der Waals surface area (Å²) in [7, 11) is 0. The van der Waals surface area contributed by atoms with Crippen molar-refractivity contribution in [1.29, 1.82) is 0 Å². The largest absolute Gasteiger partial charge is 0.508 e. The number of hydrogen-bond donors (Lipinski definition) is 3. The predicted octanol–water partition coefficient (Wildman–Crippen LogP) is 6.03. The van der Waals surface area contributed by atoms with Crippen LogP contribution in [0.1, 0.15) is 28.9 Å². The summed E-state index contributed by atoms with van der Waals surface area (Å²) in [5.41, 5.74) is 3.63. The summed E-state index contributed by atoms with van der Waals surface area (Å²) >= 11 is 6.94. The first-order valence-electron chi connectivity index (χ1n) is 8.74. The van der Waals surface area contributed by atoms with Crippen molar-refractivity contribution in [3.63, 3.8) is 0 Å². The standard InChI is InChI=1S/C22H17Br2FN2O/c23-15-5-1-13(2-6-15)19-12-20(18-11-16(24)7-10-21(18)28)27-22(26-19)14-3-8-17(25)9-4-14/h1-12,20,22,26-28H. The highest BCUT2D eigenvalue weighted by atomic mass is 79.9. The molecular weight excluding hydrogens is 487 g/mol. The molecule has 0 saturated heterocycles. The molecule has 3 nitrogen and oxygen atoms in total. The number of nitrogens with one attached hydrogen (secondary N) is 2. The van der Waals surface area contributed by atoms with Gasteiger partial charge >= 0.3 is 0 Å². The molecule has 0 radical (unpaired) electrons. The molecule has 1 heterocycles. The summed E-state index contributed by atoms with van der Waals surface area (Å²) in [4.78, 5) is 0. The first-order chi connectivity index (χ1) is 13.5. The molecule has 2 unspecified atom stereocenters. The number of halogens is 3. The lowest BCUT2D eigenvalue weighted by Crippen LogP contribution is -2.39. The number of benzene rings is 3. The lowest BCUT2D eigenvalue weighted by atomic mass is 9.98. The van der Waals surface area contributed by atoms with E-state index in [0.717, 1.165) is 31.3 Å². The van der Waals surface area contributed by atoms with Crippen LogP contribution in [0.15, 0.2) is 81.8 Å². The maximum atomic E-state index is 13.4. The van der Waals surface area contributed by atoms with E-state index >= 15 is 0 Å². The second-order valence-corrected chi connectivity index (χ2v) is 8.39. The average Bonchev–Trinajstić information content (AvgIpc) is 2.70. The number of aromatic hydroxyl groups is 1. The highest BCUT2D eigenvalue weighted by Crippen LogP contribution is 2.35. The van der Waals surface area contributed by atoms with Crippen LogP contribution in [0.4, 0.5) is 4.39 Å². The van der Waals surface area contributed by atoms with E-state index in [1.807, 2.05) is 36.4 Å². The molecule has 0 spiro atoms. The van der Waals surface area contributed by atoms with Gasteiger partial charge in [-0.05, 0) is 59.7 Å². The minimum atomic E-state index is -0.274. The minimum absolute atomic E-state index is 0.215. The Bertz CT molecular complexity index is 1020. The van der Waals surface area contributed by atoms with E-state index in [0.29, 0.717) is 0 Å². The molecule has 3 N–H and O–H groups in total. The second kappa shape index (κ2) is 8.07. The Hall–Kier alpha value is -2.15. The van der Waals surface area contributed by atoms with E-state index in [2.05, 4.69) is 42.5 Å². The number of phenolic OH excluding ortho intramolecular Hbond substituents is 1. The van der Waals surface area contributed by atoms with Gasteiger partial charge in [0.15, 0.2) is 0 Å². The molecule has 6 heteroatoms. The molecule has 3 aromatic carbocycles. The van der Waals surface area contributed by atoms with Crippen molar-refractivity contribution in [1.82, 2.24) is 10.6 Å². The second-order valence-electron chi connectivity index (χ2n) is 6.56. The van der Waals surface area contributed by atoms with E-state index in [4.69, 9.17) is 0 Å². The van der Waals surface area contributed by atoms with Crippen molar-refractivity contribution >= 4 is 37.6 Å². The van der Waals surface area contributed by atoms with Crippen LogP contribution in [0.3, 0.4) is 0 Å². The third kappa shape index (κ3) is 4.14. The van der Waals surface area contributed by atoms with Crippen molar-refractivity contribution in [2.45, 2.75) is 12.2 Å². The summed E-state index contributed by atoms with van der Waals surface area (Å²) in [6.45, 7) is 0. The van der Waals surface area contributed by atoms with Gasteiger partial charge in [0.1, 0.15) is 17.7 Å². The van der Waals surface area contributed by atoms with Crippen LogP contribution >= 0.6 is 31.9 Å². The van der Waals surface area contributed by atoms with Crippen LogP contribution in [0.5, 0.6) is 5.75 Å². The first kappa shape index (κ1) is 19.2. The smallest absolute Gasteiger partial charge is 0.123 e. The van der Waals surface area contributed by atoms with Crippen LogP contribution in [0, 0.1) is 5.82 Å². The Labute approximate surface area is 179 Å². The molecule has 3 aromatic rings. The number of phenols is 1. The van der Waals surface area contributed by atoms with Gasteiger partial charge in [0.25, 0.3) is 0 Å². The van der Waals surface area contributed by atoms with E-state index in [1.54, 1.807) is 24.3 Å². The monoisotopic (exact) mass is 502 g/mol. The van der Waals surface area contributed by atoms with E-state index < -0.39 is 0 Å². The molecule has 0 aromatic heterocycles. The SMILES string of the molecule is Oc1ccc(Br)cc1C1C=C(c2ccc(Br)cc2)NC(c2ccc(F)cc2)N1. The Morgan fingerprint density at radius 3 is 2.25 bits per heavy atom. The summed E-state index contributed by atoms with van der Waals surface area (Å²) in [6.07, 6.45) is 1.80. The third-order valence-electron chi connectivity index (χ3n) is 4.66. The van der Waals surface area contributed by atoms with Crippen LogP contribution < -0.4 is 10.6 Å². The molecule has 1 aliphatic heterocycles. The quantitative estimate of drug-likeness (QED) is 0.409. The van der Waals surface area contributed by atoms with Crippen LogP contribution in [0.2, 0.25) is 0 Å². The van der Waals surface area contributed by atoms with E-state index in [9.17, 15) is 9.50 Å². The Balaban J connectivity index is 1.76. The van der Waals surface area contributed by atoms with Crippen molar-refractivity contribution in [3.8, 4) is 5.75 Å². The van der Waals surface area contributed by atoms with E-state index in [1.165, 1.54) is 12.1 Å². The van der Waals surface area contributed by atoms with Crippen LogP contribution in [0.25, 0.3) is 5.70 Å². The Kier molecular flexibility index (Phi) is 5.53. The summed E-state index contributed by atoms with van der Waals surface area (Å²) in [5.74, 6) is -0.0590. The lowest BCUT2D eigenvalue weighted by molar-refractivity contribution is 0.418. The molecular formula is C22H17Br2FN2O. The highest BCUT2D eigenvalue weighted by Gasteiger charge is 2.25. The van der Waals surface area contributed by atoms with Gasteiger partial charge in [-0.15, -0.1) is 0 Å². The third-order valence-corrected chi connectivity index (χ3v) is 5.68. The van der Waals surface area contributed by atoms with Crippen LogP contribution in [-0.2, 0) is 0 Å². The molecule has 4 rings (SSSR count). The first-order valence-corrected chi connectivity index (χ1v) is 10.3. The molecule has 0 saturated carbocycles. The molecule has 0 bridgehead atoms. The van der Waals surface area contributed by atoms with E-state index in [-0.39, 0.29) is 23.8 Å². The zero-order valence-electron chi connectivity index (χ0n) is 14.7. The molecule has 0 fully saturated rings. The average molecular weight is 504 g/mol. The Morgan fingerprint density at radius 1 is 0.857 bits per heavy atom. The summed E-state index contributed by atoms with van der Waals surface area (Å²) < 4.78 is 15.3. The van der Waals surface area contributed by atoms with Gasteiger partial charge < -0.3 is 10.4 Å². The summed E-state index contributed by atoms with van der Waals surface area (Å²) in [6, 6.07) is 19.6. The van der Waals surface area contributed by atoms with Gasteiger partial charge in [0, 0.05) is 20.2 Å². The highest BCUT2D eigenvalue weighted by molar-refractivity contribution is 9.10. The van der Waals surface area contributed by atoms with Gasteiger partial charge in [-0.25, -0.2) is 4.39 Å².